The Morgan fingerprint density at radius 2 is 1.20 bits per heavy atom. The van der Waals surface area contributed by atoms with Crippen molar-refractivity contribution in [2.75, 3.05) is 0 Å². The average Bonchev–Trinajstić information content (AvgIpc) is 1.44. The lowest BCUT2D eigenvalue weighted by Crippen LogP contribution is -2.16. The minimum Gasteiger partial charge on any atom is -0.779 e. The standard InChI is InChI=1S/3H3N.H3O6P3S3/c;;;1-7(10)4-8(2,11)6-9(3,12)5-7/h3*1H3;(H,1,10)(H,2,11)(H,3,12). The molecule has 0 aromatic rings. The van der Waals surface area contributed by atoms with Crippen LogP contribution in [0.25, 0.3) is 0 Å². The van der Waals surface area contributed by atoms with E-state index in [-0.39, 0.29) is 18.5 Å². The molecule has 1 aliphatic rings. The summed E-state index contributed by atoms with van der Waals surface area (Å²) in [6.45, 7) is -12.3. The van der Waals surface area contributed by atoms with Crippen LogP contribution in [0.5, 0.6) is 0 Å². The minimum atomic E-state index is -4.11. The van der Waals surface area contributed by atoms with E-state index in [4.69, 9.17) is 0 Å². The molecule has 9 nitrogen and oxygen atoms in total. The molecular formula is H12N3O6P3S3. The van der Waals surface area contributed by atoms with Gasteiger partial charge in [-0.25, -0.2) is 0 Å². The number of quaternary nitrogens is 3. The summed E-state index contributed by atoms with van der Waals surface area (Å²) >= 11 is 12.4. The van der Waals surface area contributed by atoms with E-state index >= 15 is 0 Å². The van der Waals surface area contributed by atoms with Crippen molar-refractivity contribution in [1.29, 1.82) is 0 Å². The highest BCUT2D eigenvalue weighted by Gasteiger charge is 2.27. The fourth-order valence-electron chi connectivity index (χ4n) is 0.412. The molecule has 0 saturated carbocycles. The highest BCUT2D eigenvalue weighted by Crippen LogP contribution is 2.76. The van der Waals surface area contributed by atoms with Crippen LogP contribution >= 0.6 is 20.2 Å². The van der Waals surface area contributed by atoms with Gasteiger partial charge in [-0.3, -0.25) is 17.5 Å². The molecule has 0 bridgehead atoms. The average molecular weight is 339 g/mol. The summed E-state index contributed by atoms with van der Waals surface area (Å²) in [5, 5.41) is 0. The smallest absolute Gasteiger partial charge is 0.209 e. The van der Waals surface area contributed by atoms with E-state index in [1.807, 2.05) is 0 Å². The third kappa shape index (κ3) is 7.48. The molecular weight excluding hydrogens is 327 g/mol. The molecule has 1 heterocycles. The summed E-state index contributed by atoms with van der Waals surface area (Å²) in [7, 11) is 0. The highest BCUT2D eigenvalue weighted by molar-refractivity contribution is 8.36. The molecule has 0 aromatic heterocycles. The predicted molar refractivity (Wildman–Crippen MR) is 64.8 cm³/mol. The molecule has 1 saturated heterocycles. The van der Waals surface area contributed by atoms with Crippen LogP contribution in [0, 0.1) is 0 Å². The molecule has 2 atom stereocenters. The summed E-state index contributed by atoms with van der Waals surface area (Å²) in [6, 6.07) is 0. The van der Waals surface area contributed by atoms with Gasteiger partial charge in [0.15, 0.2) is 0 Å². The molecule has 0 spiro atoms. The van der Waals surface area contributed by atoms with Crippen LogP contribution in [0.3, 0.4) is 0 Å². The maximum atomic E-state index is 10.9. The van der Waals surface area contributed by atoms with Gasteiger partial charge in [0.1, 0.15) is 13.4 Å². The molecule has 1 aliphatic heterocycles. The normalized spacial score (nSPS) is 44.2. The molecule has 0 amide bonds. The van der Waals surface area contributed by atoms with Gasteiger partial charge in [-0.05, 0) is 0 Å². The van der Waals surface area contributed by atoms with Crippen LogP contribution in [0.4, 0.5) is 0 Å². The van der Waals surface area contributed by atoms with Crippen molar-refractivity contribution >= 4 is 56.1 Å². The van der Waals surface area contributed by atoms with Gasteiger partial charge in [-0.15, -0.1) is 0 Å². The second-order valence-electron chi connectivity index (χ2n) is 1.59. The molecule has 15 heteroatoms. The molecule has 1 fully saturated rings. The largest absolute Gasteiger partial charge is 0.779 e. The van der Waals surface area contributed by atoms with Crippen molar-refractivity contribution in [3.63, 3.8) is 0 Å². The lowest BCUT2D eigenvalue weighted by Gasteiger charge is -2.47. The van der Waals surface area contributed by atoms with Gasteiger partial charge in [0, 0.05) is 0 Å². The second-order valence-corrected chi connectivity index (χ2v) is 10.3. The molecule has 1 rings (SSSR count). The van der Waals surface area contributed by atoms with Crippen LogP contribution in [0.1, 0.15) is 0 Å². The summed E-state index contributed by atoms with van der Waals surface area (Å²) < 4.78 is 23.0. The Labute approximate surface area is 102 Å². The lowest BCUT2D eigenvalue weighted by molar-refractivity contribution is -0.218. The molecule has 0 aromatic carbocycles. The SMILES string of the molecule is O=P1([S-])OP([O-])(=S)OP([O-])(=S)O1.[NH4+].[NH4+].[NH4+]. The van der Waals surface area contributed by atoms with Crippen LogP contribution in [-0.2, 0) is 53.4 Å². The zero-order valence-corrected chi connectivity index (χ0v) is 13.1. The quantitative estimate of drug-likeness (QED) is 0.425. The van der Waals surface area contributed by atoms with Crippen LogP contribution < -0.4 is 28.2 Å². The summed E-state index contributed by atoms with van der Waals surface area (Å²) in [4.78, 5) is 21.8. The Morgan fingerprint density at radius 1 is 0.933 bits per heavy atom. The van der Waals surface area contributed by atoms with Crippen molar-refractivity contribution in [1.82, 2.24) is 18.5 Å². The van der Waals surface area contributed by atoms with E-state index in [1.54, 1.807) is 0 Å². The molecule has 0 radical (unpaired) electrons. The number of hydrogen-bond acceptors (Lipinski definition) is 9. The van der Waals surface area contributed by atoms with E-state index in [9.17, 15) is 14.4 Å². The first-order valence-corrected chi connectivity index (χ1v) is 9.86. The second kappa shape index (κ2) is 6.48. The monoisotopic (exact) mass is 339 g/mol. The lowest BCUT2D eigenvalue weighted by atomic mass is 14.0. The van der Waals surface area contributed by atoms with E-state index in [1.165, 1.54) is 0 Å². The van der Waals surface area contributed by atoms with E-state index in [0.29, 0.717) is 0 Å². The maximum Gasteiger partial charge on any atom is 0.209 e. The van der Waals surface area contributed by atoms with Gasteiger partial charge in [0.05, 0.1) is 0 Å². The van der Waals surface area contributed by atoms with E-state index in [0.717, 1.165) is 0 Å². The van der Waals surface area contributed by atoms with E-state index < -0.39 is 20.2 Å². The zero-order valence-electron chi connectivity index (χ0n) is 8.02. The summed E-state index contributed by atoms with van der Waals surface area (Å²) in [6.07, 6.45) is 0. The first kappa shape index (κ1) is 21.8. The van der Waals surface area contributed by atoms with Crippen LogP contribution in [0.2, 0.25) is 0 Å². The summed E-state index contributed by atoms with van der Waals surface area (Å²) in [5.74, 6) is 0. The van der Waals surface area contributed by atoms with E-state index in [2.05, 4.69) is 48.8 Å². The van der Waals surface area contributed by atoms with Crippen molar-refractivity contribution in [3.05, 3.63) is 0 Å². The Hall–Kier alpha value is 1.56. The molecule has 2 unspecified atom stereocenters. The van der Waals surface area contributed by atoms with Gasteiger partial charge in [0.25, 0.3) is 0 Å². The van der Waals surface area contributed by atoms with Crippen molar-refractivity contribution in [3.8, 4) is 0 Å². The summed E-state index contributed by atoms with van der Waals surface area (Å²) in [5.41, 5.74) is 0. The minimum absolute atomic E-state index is 0. The third-order valence-corrected chi connectivity index (χ3v) is 9.00. The van der Waals surface area contributed by atoms with Crippen molar-refractivity contribution < 1.29 is 27.3 Å². The Kier molecular flexibility index (Phi) is 9.42. The fourth-order valence-corrected chi connectivity index (χ4v) is 10.4. The van der Waals surface area contributed by atoms with Gasteiger partial charge >= 0.3 is 0 Å². The molecule has 12 N–H and O–H groups in total. The van der Waals surface area contributed by atoms with Crippen LogP contribution in [-0.4, -0.2) is 0 Å². The Balaban J connectivity index is -0.000000480. The number of hydrogen-bond donors (Lipinski definition) is 3. The van der Waals surface area contributed by atoms with Gasteiger partial charge < -0.3 is 40.5 Å². The van der Waals surface area contributed by atoms with Crippen molar-refractivity contribution in [2.24, 2.45) is 0 Å². The van der Waals surface area contributed by atoms with Crippen molar-refractivity contribution in [2.45, 2.75) is 0 Å². The first-order valence-electron chi connectivity index (χ1n) is 2.19. The Bertz CT molecular complexity index is 273. The van der Waals surface area contributed by atoms with Crippen LogP contribution in [0.15, 0.2) is 0 Å². The molecule has 15 heavy (non-hydrogen) atoms. The fraction of sp³-hybridized carbons (Fsp3) is 0. The van der Waals surface area contributed by atoms with Gasteiger partial charge in [-0.1, -0.05) is 23.6 Å². The van der Waals surface area contributed by atoms with Gasteiger partial charge in [-0.2, -0.15) is 0 Å². The highest BCUT2D eigenvalue weighted by atomic mass is 32.7. The third-order valence-electron chi connectivity index (χ3n) is 0.600. The Morgan fingerprint density at radius 3 is 1.40 bits per heavy atom. The van der Waals surface area contributed by atoms with Gasteiger partial charge in [0.2, 0.25) is 6.80 Å². The predicted octanol–water partition coefficient (Wildman–Crippen LogP) is 1.00. The molecule has 0 aliphatic carbocycles. The maximum absolute atomic E-state index is 10.9. The first-order chi connectivity index (χ1) is 5.12. The zero-order chi connectivity index (χ0) is 9.62. The topological polar surface area (TPSA) is 200 Å². The number of rotatable bonds is 0. The molecule has 96 valence electrons.